The maximum Gasteiger partial charge on any atom is 0.137 e. The summed E-state index contributed by atoms with van der Waals surface area (Å²) in [4.78, 5) is 0. The topological polar surface area (TPSA) is 38.0 Å². The lowest BCUT2D eigenvalue weighted by Gasteiger charge is -2.24. The highest BCUT2D eigenvalue weighted by Crippen LogP contribution is 2.28. The van der Waals surface area contributed by atoms with Gasteiger partial charge in [0.1, 0.15) is 5.82 Å². The normalized spacial score (nSPS) is 18.1. The SMILES string of the molecule is NNC(CCC1CCCCC1)Cc1cccc(F)c1Br. The first kappa shape index (κ1) is 15.9. The molecule has 1 aromatic carbocycles. The van der Waals surface area contributed by atoms with Crippen LogP contribution in [0.25, 0.3) is 0 Å². The molecule has 0 amide bonds. The molecule has 0 spiro atoms. The van der Waals surface area contributed by atoms with E-state index >= 15 is 0 Å². The Labute approximate surface area is 129 Å². The lowest BCUT2D eigenvalue weighted by atomic mass is 9.84. The van der Waals surface area contributed by atoms with E-state index in [0.29, 0.717) is 4.47 Å². The summed E-state index contributed by atoms with van der Waals surface area (Å²) in [7, 11) is 0. The van der Waals surface area contributed by atoms with Gasteiger partial charge in [0.15, 0.2) is 0 Å². The first-order valence-corrected chi connectivity index (χ1v) is 8.39. The van der Waals surface area contributed by atoms with Gasteiger partial charge in [-0.15, -0.1) is 0 Å². The van der Waals surface area contributed by atoms with E-state index in [0.717, 1.165) is 24.3 Å². The fourth-order valence-corrected chi connectivity index (χ4v) is 3.55. The average molecular weight is 343 g/mol. The lowest BCUT2D eigenvalue weighted by Crippen LogP contribution is -2.37. The van der Waals surface area contributed by atoms with Crippen molar-refractivity contribution in [2.24, 2.45) is 11.8 Å². The molecule has 0 heterocycles. The van der Waals surface area contributed by atoms with E-state index in [2.05, 4.69) is 21.4 Å². The van der Waals surface area contributed by atoms with Gasteiger partial charge in [0.05, 0.1) is 4.47 Å². The van der Waals surface area contributed by atoms with Crippen molar-refractivity contribution in [1.29, 1.82) is 0 Å². The summed E-state index contributed by atoms with van der Waals surface area (Å²) in [6.07, 6.45) is 9.92. The second-order valence-corrected chi connectivity index (χ2v) is 6.66. The van der Waals surface area contributed by atoms with E-state index in [1.54, 1.807) is 6.07 Å². The van der Waals surface area contributed by atoms with Crippen LogP contribution < -0.4 is 11.3 Å². The maximum absolute atomic E-state index is 13.5. The molecule has 1 fully saturated rings. The van der Waals surface area contributed by atoms with Gasteiger partial charge in [-0.3, -0.25) is 11.3 Å². The highest BCUT2D eigenvalue weighted by Gasteiger charge is 2.17. The molecule has 1 saturated carbocycles. The largest absolute Gasteiger partial charge is 0.271 e. The van der Waals surface area contributed by atoms with Crippen LogP contribution in [-0.2, 0) is 6.42 Å². The van der Waals surface area contributed by atoms with Crippen LogP contribution in [0.5, 0.6) is 0 Å². The van der Waals surface area contributed by atoms with Crippen molar-refractivity contribution in [3.8, 4) is 0 Å². The number of rotatable bonds is 6. The molecule has 0 aliphatic heterocycles. The minimum Gasteiger partial charge on any atom is -0.271 e. The van der Waals surface area contributed by atoms with Crippen LogP contribution in [0.2, 0.25) is 0 Å². The Morgan fingerprint density at radius 1 is 1.30 bits per heavy atom. The zero-order valence-electron chi connectivity index (χ0n) is 11.9. The van der Waals surface area contributed by atoms with Gasteiger partial charge in [0.25, 0.3) is 0 Å². The molecule has 1 unspecified atom stereocenters. The van der Waals surface area contributed by atoms with E-state index in [1.807, 2.05) is 6.07 Å². The van der Waals surface area contributed by atoms with Gasteiger partial charge >= 0.3 is 0 Å². The molecule has 0 radical (unpaired) electrons. The Kier molecular flexibility index (Phi) is 6.46. The molecule has 20 heavy (non-hydrogen) atoms. The number of benzene rings is 1. The predicted molar refractivity (Wildman–Crippen MR) is 84.7 cm³/mol. The summed E-state index contributed by atoms with van der Waals surface area (Å²) in [5, 5.41) is 0. The Morgan fingerprint density at radius 3 is 2.75 bits per heavy atom. The molecular formula is C16H24BrFN2. The minimum atomic E-state index is -0.203. The molecule has 1 atom stereocenters. The van der Waals surface area contributed by atoms with E-state index in [9.17, 15) is 4.39 Å². The molecule has 2 nitrogen and oxygen atoms in total. The van der Waals surface area contributed by atoms with Crippen molar-refractivity contribution >= 4 is 15.9 Å². The number of hydrogen-bond acceptors (Lipinski definition) is 2. The summed E-state index contributed by atoms with van der Waals surface area (Å²) >= 11 is 3.32. The number of hydrogen-bond donors (Lipinski definition) is 2. The summed E-state index contributed by atoms with van der Waals surface area (Å²) in [5.74, 6) is 6.32. The van der Waals surface area contributed by atoms with Gasteiger partial charge in [-0.2, -0.15) is 0 Å². The fraction of sp³-hybridized carbons (Fsp3) is 0.625. The smallest absolute Gasteiger partial charge is 0.137 e. The molecule has 1 aliphatic rings. The summed E-state index contributed by atoms with van der Waals surface area (Å²) < 4.78 is 14.1. The Balaban J connectivity index is 1.86. The predicted octanol–water partition coefficient (Wildman–Crippen LogP) is 4.32. The summed E-state index contributed by atoms with van der Waals surface area (Å²) in [5.41, 5.74) is 3.88. The quantitative estimate of drug-likeness (QED) is 0.596. The van der Waals surface area contributed by atoms with Crippen LogP contribution in [0.3, 0.4) is 0 Å². The van der Waals surface area contributed by atoms with Crippen molar-refractivity contribution in [3.63, 3.8) is 0 Å². The molecule has 2 rings (SSSR count). The number of halogens is 2. The molecule has 0 aromatic heterocycles. The van der Waals surface area contributed by atoms with Gasteiger partial charge in [0.2, 0.25) is 0 Å². The minimum absolute atomic E-state index is 0.203. The monoisotopic (exact) mass is 342 g/mol. The van der Waals surface area contributed by atoms with Crippen LogP contribution in [-0.4, -0.2) is 6.04 Å². The average Bonchev–Trinajstić information content (AvgIpc) is 2.49. The van der Waals surface area contributed by atoms with E-state index in [-0.39, 0.29) is 11.9 Å². The third-order valence-electron chi connectivity index (χ3n) is 4.38. The molecule has 112 valence electrons. The summed E-state index contributed by atoms with van der Waals surface area (Å²) in [6.45, 7) is 0. The Hall–Kier alpha value is -0.450. The Bertz CT molecular complexity index is 419. The molecule has 0 saturated heterocycles. The van der Waals surface area contributed by atoms with Crippen LogP contribution >= 0.6 is 15.9 Å². The van der Waals surface area contributed by atoms with E-state index < -0.39 is 0 Å². The molecule has 3 N–H and O–H groups in total. The second kappa shape index (κ2) is 8.11. The van der Waals surface area contributed by atoms with Crippen molar-refractivity contribution in [2.45, 2.75) is 57.4 Å². The third kappa shape index (κ3) is 4.54. The van der Waals surface area contributed by atoms with Crippen molar-refractivity contribution in [1.82, 2.24) is 5.43 Å². The van der Waals surface area contributed by atoms with E-state index in [1.165, 1.54) is 44.6 Å². The molecule has 0 bridgehead atoms. The van der Waals surface area contributed by atoms with Gasteiger partial charge in [-0.1, -0.05) is 44.2 Å². The lowest BCUT2D eigenvalue weighted by molar-refractivity contribution is 0.313. The van der Waals surface area contributed by atoms with Crippen LogP contribution in [0.15, 0.2) is 22.7 Å². The molecule has 1 aliphatic carbocycles. The van der Waals surface area contributed by atoms with Crippen molar-refractivity contribution in [2.75, 3.05) is 0 Å². The first-order chi connectivity index (χ1) is 9.70. The zero-order valence-corrected chi connectivity index (χ0v) is 13.5. The highest BCUT2D eigenvalue weighted by atomic mass is 79.9. The first-order valence-electron chi connectivity index (χ1n) is 7.59. The van der Waals surface area contributed by atoms with Crippen molar-refractivity contribution in [3.05, 3.63) is 34.1 Å². The fourth-order valence-electron chi connectivity index (χ4n) is 3.13. The van der Waals surface area contributed by atoms with Crippen molar-refractivity contribution < 1.29 is 4.39 Å². The second-order valence-electron chi connectivity index (χ2n) is 5.86. The van der Waals surface area contributed by atoms with Gasteiger partial charge in [-0.25, -0.2) is 4.39 Å². The number of nitrogens with one attached hydrogen (secondary N) is 1. The third-order valence-corrected chi connectivity index (χ3v) is 5.27. The van der Waals surface area contributed by atoms with Crippen LogP contribution in [0, 0.1) is 11.7 Å². The molecule has 1 aromatic rings. The number of nitrogens with two attached hydrogens (primary N) is 1. The Morgan fingerprint density at radius 2 is 2.05 bits per heavy atom. The van der Waals surface area contributed by atoms with Gasteiger partial charge in [-0.05, 0) is 52.7 Å². The standard InChI is InChI=1S/C16H24BrFN2/c17-16-13(7-4-8-15(16)18)11-14(20-19)10-9-12-5-2-1-3-6-12/h4,7-8,12,14,20H,1-3,5-6,9-11,19H2. The maximum atomic E-state index is 13.5. The van der Waals surface area contributed by atoms with Gasteiger partial charge in [0, 0.05) is 6.04 Å². The number of hydrazine groups is 1. The van der Waals surface area contributed by atoms with Gasteiger partial charge < -0.3 is 0 Å². The van der Waals surface area contributed by atoms with E-state index in [4.69, 9.17) is 5.84 Å². The summed E-state index contributed by atoms with van der Waals surface area (Å²) in [6, 6.07) is 5.40. The van der Waals surface area contributed by atoms with Crippen LogP contribution in [0.4, 0.5) is 4.39 Å². The van der Waals surface area contributed by atoms with Crippen LogP contribution in [0.1, 0.15) is 50.5 Å². The highest BCUT2D eigenvalue weighted by molar-refractivity contribution is 9.10. The molecular weight excluding hydrogens is 319 g/mol. The zero-order chi connectivity index (χ0) is 14.4. The molecule has 4 heteroatoms.